The van der Waals surface area contributed by atoms with E-state index in [4.69, 9.17) is 9.84 Å². The molecule has 1 fully saturated rings. The molecule has 2 atom stereocenters. The highest BCUT2D eigenvalue weighted by Crippen LogP contribution is 2.31. The predicted octanol–water partition coefficient (Wildman–Crippen LogP) is 1.37. The van der Waals surface area contributed by atoms with Crippen LogP contribution in [0.4, 0.5) is 0 Å². The molecule has 1 N–H and O–H groups in total. The third kappa shape index (κ3) is 3.98. The summed E-state index contributed by atoms with van der Waals surface area (Å²) in [4.78, 5) is 25.0. The number of aliphatic carboxylic acids is 1. The Hall–Kier alpha value is -1.10. The molecule has 0 radical (unpaired) electrons. The van der Waals surface area contributed by atoms with Gasteiger partial charge in [0.05, 0.1) is 18.4 Å². The van der Waals surface area contributed by atoms with Gasteiger partial charge in [-0.1, -0.05) is 12.8 Å². The number of likely N-dealkylation sites (N-methyl/N-ethyl adjacent to an activating group) is 1. The van der Waals surface area contributed by atoms with E-state index in [1.54, 1.807) is 11.9 Å². The third-order valence-electron chi connectivity index (χ3n) is 3.55. The molecule has 18 heavy (non-hydrogen) atoms. The zero-order valence-electron chi connectivity index (χ0n) is 11.2. The van der Waals surface area contributed by atoms with Crippen LogP contribution in [0.3, 0.4) is 0 Å². The molecule has 0 unspecified atom stereocenters. The van der Waals surface area contributed by atoms with Crippen molar-refractivity contribution in [3.63, 3.8) is 0 Å². The summed E-state index contributed by atoms with van der Waals surface area (Å²) in [6.45, 7) is 3.56. The van der Waals surface area contributed by atoms with Gasteiger partial charge >= 0.3 is 5.97 Å². The largest absolute Gasteiger partial charge is 0.481 e. The molecule has 0 aromatic heterocycles. The fourth-order valence-electron chi connectivity index (χ4n) is 2.46. The van der Waals surface area contributed by atoms with E-state index >= 15 is 0 Å². The fourth-order valence-corrected chi connectivity index (χ4v) is 2.46. The Morgan fingerprint density at radius 2 is 1.89 bits per heavy atom. The molecule has 0 aromatic carbocycles. The molecule has 1 aliphatic rings. The summed E-state index contributed by atoms with van der Waals surface area (Å²) in [5.41, 5.74) is 0. The van der Waals surface area contributed by atoms with Gasteiger partial charge in [0, 0.05) is 20.2 Å². The molecule has 1 saturated carbocycles. The third-order valence-corrected chi connectivity index (χ3v) is 3.55. The number of hydrogen-bond acceptors (Lipinski definition) is 3. The highest BCUT2D eigenvalue weighted by atomic mass is 16.5. The van der Waals surface area contributed by atoms with Crippen molar-refractivity contribution in [3.05, 3.63) is 0 Å². The van der Waals surface area contributed by atoms with Crippen molar-refractivity contribution < 1.29 is 19.4 Å². The Morgan fingerprint density at radius 3 is 2.44 bits per heavy atom. The van der Waals surface area contributed by atoms with Crippen LogP contribution in [0.15, 0.2) is 0 Å². The maximum absolute atomic E-state index is 12.2. The van der Waals surface area contributed by atoms with Crippen LogP contribution in [0, 0.1) is 11.8 Å². The first kappa shape index (κ1) is 15.0. The van der Waals surface area contributed by atoms with E-state index in [2.05, 4.69) is 0 Å². The van der Waals surface area contributed by atoms with Gasteiger partial charge in [0.2, 0.25) is 5.91 Å². The Labute approximate surface area is 108 Å². The molecular weight excluding hydrogens is 234 g/mol. The van der Waals surface area contributed by atoms with Crippen molar-refractivity contribution in [1.29, 1.82) is 0 Å². The van der Waals surface area contributed by atoms with E-state index < -0.39 is 11.9 Å². The van der Waals surface area contributed by atoms with Crippen molar-refractivity contribution in [2.75, 3.05) is 26.8 Å². The first-order chi connectivity index (χ1) is 8.57. The van der Waals surface area contributed by atoms with Crippen LogP contribution in [0.2, 0.25) is 0 Å². The summed E-state index contributed by atoms with van der Waals surface area (Å²) < 4.78 is 5.21. The van der Waals surface area contributed by atoms with Gasteiger partial charge in [-0.15, -0.1) is 0 Å². The minimum absolute atomic E-state index is 0.0539. The molecule has 0 aliphatic heterocycles. The molecule has 1 rings (SSSR count). The summed E-state index contributed by atoms with van der Waals surface area (Å²) >= 11 is 0. The number of carbonyl (C=O) groups is 2. The van der Waals surface area contributed by atoms with Gasteiger partial charge in [-0.25, -0.2) is 0 Å². The zero-order chi connectivity index (χ0) is 13.5. The van der Waals surface area contributed by atoms with E-state index in [0.717, 1.165) is 12.8 Å². The molecule has 0 aromatic rings. The molecular formula is C13H23NO4. The maximum atomic E-state index is 12.2. The van der Waals surface area contributed by atoms with E-state index in [1.165, 1.54) is 0 Å². The van der Waals surface area contributed by atoms with Gasteiger partial charge in [0.25, 0.3) is 0 Å². The first-order valence-electron chi connectivity index (χ1n) is 6.63. The van der Waals surface area contributed by atoms with Gasteiger partial charge in [-0.05, 0) is 19.8 Å². The quantitative estimate of drug-likeness (QED) is 0.730. The van der Waals surface area contributed by atoms with Crippen molar-refractivity contribution in [2.45, 2.75) is 32.6 Å². The molecule has 0 heterocycles. The number of carboxylic acid groups (broad SMARTS) is 1. The molecule has 0 bridgehead atoms. The predicted molar refractivity (Wildman–Crippen MR) is 67.2 cm³/mol. The normalized spacial score (nSPS) is 23.7. The summed E-state index contributed by atoms with van der Waals surface area (Å²) in [5.74, 6) is -1.77. The summed E-state index contributed by atoms with van der Waals surface area (Å²) in [6.07, 6.45) is 3.16. The number of hydrogen-bond donors (Lipinski definition) is 1. The van der Waals surface area contributed by atoms with Crippen LogP contribution in [-0.2, 0) is 14.3 Å². The standard InChI is InChI=1S/C13H23NO4/c1-3-18-9-8-14(2)12(15)10-6-4-5-7-11(10)13(16)17/h10-11H,3-9H2,1-2H3,(H,16,17)/t10-,11+/m1/s1. The smallest absolute Gasteiger partial charge is 0.307 e. The Kier molecular flexibility index (Phi) is 6.12. The van der Waals surface area contributed by atoms with Crippen molar-refractivity contribution in [1.82, 2.24) is 4.90 Å². The van der Waals surface area contributed by atoms with E-state index in [-0.39, 0.29) is 11.8 Å². The summed E-state index contributed by atoms with van der Waals surface area (Å²) in [6, 6.07) is 0. The maximum Gasteiger partial charge on any atom is 0.307 e. The van der Waals surface area contributed by atoms with Crippen LogP contribution in [0.25, 0.3) is 0 Å². The first-order valence-corrected chi connectivity index (χ1v) is 6.63. The molecule has 104 valence electrons. The molecule has 5 nitrogen and oxygen atoms in total. The van der Waals surface area contributed by atoms with Gasteiger partial charge in [-0.3, -0.25) is 9.59 Å². The number of ether oxygens (including phenoxy) is 1. The lowest BCUT2D eigenvalue weighted by Crippen LogP contribution is -2.41. The highest BCUT2D eigenvalue weighted by molar-refractivity contribution is 5.84. The molecule has 0 spiro atoms. The van der Waals surface area contributed by atoms with Crippen LogP contribution in [0.1, 0.15) is 32.6 Å². The van der Waals surface area contributed by atoms with Gasteiger partial charge in [0.1, 0.15) is 0 Å². The lowest BCUT2D eigenvalue weighted by molar-refractivity contribution is -0.152. The number of carboxylic acids is 1. The fraction of sp³-hybridized carbons (Fsp3) is 0.846. The molecule has 1 amide bonds. The molecule has 1 aliphatic carbocycles. The average Bonchev–Trinajstić information content (AvgIpc) is 2.38. The Morgan fingerprint density at radius 1 is 1.28 bits per heavy atom. The lowest BCUT2D eigenvalue weighted by atomic mass is 9.78. The van der Waals surface area contributed by atoms with Crippen LogP contribution in [-0.4, -0.2) is 48.7 Å². The Balaban J connectivity index is 2.54. The van der Waals surface area contributed by atoms with Crippen molar-refractivity contribution in [2.24, 2.45) is 11.8 Å². The van der Waals surface area contributed by atoms with Crippen molar-refractivity contribution >= 4 is 11.9 Å². The SMILES string of the molecule is CCOCCN(C)C(=O)[C@@H]1CCCC[C@@H]1C(=O)O. The van der Waals surface area contributed by atoms with E-state index in [9.17, 15) is 9.59 Å². The second kappa shape index (κ2) is 7.36. The molecule has 5 heteroatoms. The lowest BCUT2D eigenvalue weighted by Gasteiger charge is -2.30. The summed E-state index contributed by atoms with van der Waals surface area (Å²) in [5, 5.41) is 9.16. The van der Waals surface area contributed by atoms with E-state index in [0.29, 0.717) is 32.6 Å². The minimum Gasteiger partial charge on any atom is -0.481 e. The molecule has 0 saturated heterocycles. The van der Waals surface area contributed by atoms with Crippen LogP contribution >= 0.6 is 0 Å². The van der Waals surface area contributed by atoms with E-state index in [1.807, 2.05) is 6.92 Å². The second-order valence-corrected chi connectivity index (χ2v) is 4.79. The minimum atomic E-state index is -0.841. The van der Waals surface area contributed by atoms with Gasteiger partial charge in [0.15, 0.2) is 0 Å². The van der Waals surface area contributed by atoms with Gasteiger partial charge < -0.3 is 14.7 Å². The number of carbonyl (C=O) groups excluding carboxylic acids is 1. The summed E-state index contributed by atoms with van der Waals surface area (Å²) in [7, 11) is 1.72. The zero-order valence-corrected chi connectivity index (χ0v) is 11.2. The van der Waals surface area contributed by atoms with Crippen LogP contribution in [0.5, 0.6) is 0 Å². The van der Waals surface area contributed by atoms with Gasteiger partial charge in [-0.2, -0.15) is 0 Å². The monoisotopic (exact) mass is 257 g/mol. The number of amides is 1. The van der Waals surface area contributed by atoms with Crippen LogP contribution < -0.4 is 0 Å². The number of nitrogens with zero attached hydrogens (tertiary/aromatic N) is 1. The van der Waals surface area contributed by atoms with Crippen molar-refractivity contribution in [3.8, 4) is 0 Å². The number of rotatable bonds is 6. The average molecular weight is 257 g/mol. The highest BCUT2D eigenvalue weighted by Gasteiger charge is 2.36. The second-order valence-electron chi connectivity index (χ2n) is 4.79. The topological polar surface area (TPSA) is 66.8 Å². The Bertz CT molecular complexity index is 293.